The van der Waals surface area contributed by atoms with Crippen molar-refractivity contribution in [1.29, 1.82) is 0 Å². The lowest BCUT2D eigenvalue weighted by Crippen LogP contribution is -2.17. The van der Waals surface area contributed by atoms with E-state index in [2.05, 4.69) is 4.74 Å². The van der Waals surface area contributed by atoms with Gasteiger partial charge >= 0.3 is 6.36 Å². The molecule has 1 aromatic rings. The molecule has 1 rings (SSSR count). The molecular formula is C10H12F3NO2. The number of hydrogen-bond donors (Lipinski definition) is 2. The van der Waals surface area contributed by atoms with Crippen LogP contribution in [0.15, 0.2) is 24.3 Å². The van der Waals surface area contributed by atoms with Crippen molar-refractivity contribution in [3.05, 3.63) is 29.8 Å². The van der Waals surface area contributed by atoms with Gasteiger partial charge in [-0.1, -0.05) is 12.1 Å². The van der Waals surface area contributed by atoms with E-state index in [9.17, 15) is 18.3 Å². The summed E-state index contributed by atoms with van der Waals surface area (Å²) in [4.78, 5) is 0. The molecule has 1 aromatic carbocycles. The Morgan fingerprint density at radius 3 is 2.25 bits per heavy atom. The molecule has 0 spiro atoms. The van der Waals surface area contributed by atoms with Crippen molar-refractivity contribution in [3.8, 4) is 5.75 Å². The summed E-state index contributed by atoms with van der Waals surface area (Å²) < 4.78 is 39.2. The van der Waals surface area contributed by atoms with Gasteiger partial charge in [-0.25, -0.2) is 0 Å². The van der Waals surface area contributed by atoms with Crippen LogP contribution in [0.5, 0.6) is 5.75 Å². The predicted molar refractivity (Wildman–Crippen MR) is 51.8 cm³/mol. The van der Waals surface area contributed by atoms with Crippen LogP contribution < -0.4 is 10.5 Å². The molecule has 0 aromatic heterocycles. The van der Waals surface area contributed by atoms with Crippen molar-refractivity contribution in [1.82, 2.24) is 0 Å². The highest BCUT2D eigenvalue weighted by molar-refractivity contribution is 5.28. The highest BCUT2D eigenvalue weighted by Crippen LogP contribution is 2.24. The molecular weight excluding hydrogens is 223 g/mol. The summed E-state index contributed by atoms with van der Waals surface area (Å²) in [6, 6.07) is 5.06. The third-order valence-electron chi connectivity index (χ3n) is 1.94. The lowest BCUT2D eigenvalue weighted by Gasteiger charge is -2.12. The molecule has 0 amide bonds. The van der Waals surface area contributed by atoms with Crippen LogP contribution in [0.2, 0.25) is 0 Å². The zero-order valence-electron chi connectivity index (χ0n) is 8.37. The van der Waals surface area contributed by atoms with Gasteiger partial charge in [-0.3, -0.25) is 0 Å². The van der Waals surface area contributed by atoms with Crippen LogP contribution in [0.3, 0.4) is 0 Å². The maximum absolute atomic E-state index is 11.8. The standard InChI is InChI=1S/C10H12F3NO2/c11-10(12,13)16-8-3-1-7(2-4-8)9(15)5-6-14/h1-4,9,15H,5-6,14H2/t9-/m1/s1. The summed E-state index contributed by atoms with van der Waals surface area (Å²) in [6.07, 6.45) is -5.10. The number of rotatable bonds is 4. The van der Waals surface area contributed by atoms with Gasteiger partial charge in [-0.2, -0.15) is 0 Å². The van der Waals surface area contributed by atoms with Crippen molar-refractivity contribution in [2.75, 3.05) is 6.54 Å². The molecule has 0 saturated heterocycles. The second-order valence-electron chi connectivity index (χ2n) is 3.21. The Hall–Kier alpha value is -1.27. The predicted octanol–water partition coefficient (Wildman–Crippen LogP) is 1.97. The molecule has 16 heavy (non-hydrogen) atoms. The third kappa shape index (κ3) is 4.08. The number of benzene rings is 1. The zero-order valence-corrected chi connectivity index (χ0v) is 8.37. The molecule has 0 radical (unpaired) electrons. The van der Waals surface area contributed by atoms with Gasteiger partial charge in [0.15, 0.2) is 0 Å². The zero-order chi connectivity index (χ0) is 12.2. The van der Waals surface area contributed by atoms with E-state index in [4.69, 9.17) is 5.73 Å². The van der Waals surface area contributed by atoms with Crippen LogP contribution in [0, 0.1) is 0 Å². The Balaban J connectivity index is 2.68. The van der Waals surface area contributed by atoms with Crippen LogP contribution in [-0.4, -0.2) is 18.0 Å². The van der Waals surface area contributed by atoms with Gasteiger partial charge in [0.25, 0.3) is 0 Å². The number of nitrogens with two attached hydrogens (primary N) is 1. The second kappa shape index (κ2) is 5.18. The van der Waals surface area contributed by atoms with Gasteiger partial charge in [0.1, 0.15) is 5.75 Å². The highest BCUT2D eigenvalue weighted by atomic mass is 19.4. The van der Waals surface area contributed by atoms with E-state index in [1.165, 1.54) is 12.1 Å². The summed E-state index contributed by atoms with van der Waals surface area (Å²) in [7, 11) is 0. The molecule has 0 bridgehead atoms. The number of alkyl halides is 3. The van der Waals surface area contributed by atoms with Crippen LogP contribution in [0.1, 0.15) is 18.1 Å². The fourth-order valence-corrected chi connectivity index (χ4v) is 1.22. The lowest BCUT2D eigenvalue weighted by atomic mass is 10.1. The Morgan fingerprint density at radius 2 is 1.81 bits per heavy atom. The van der Waals surface area contributed by atoms with Gasteiger partial charge in [0, 0.05) is 0 Å². The van der Waals surface area contributed by atoms with E-state index >= 15 is 0 Å². The maximum Gasteiger partial charge on any atom is 0.573 e. The van der Waals surface area contributed by atoms with Crippen LogP contribution >= 0.6 is 0 Å². The minimum absolute atomic E-state index is 0.308. The minimum Gasteiger partial charge on any atom is -0.406 e. The van der Waals surface area contributed by atoms with Gasteiger partial charge in [-0.05, 0) is 30.7 Å². The van der Waals surface area contributed by atoms with Gasteiger partial charge in [0.2, 0.25) is 0 Å². The smallest absolute Gasteiger partial charge is 0.406 e. The normalized spacial score (nSPS) is 13.6. The number of aliphatic hydroxyl groups excluding tert-OH is 1. The van der Waals surface area contributed by atoms with Crippen LogP contribution in [0.4, 0.5) is 13.2 Å². The van der Waals surface area contributed by atoms with E-state index in [0.717, 1.165) is 12.1 Å². The Morgan fingerprint density at radius 1 is 1.25 bits per heavy atom. The fraction of sp³-hybridized carbons (Fsp3) is 0.400. The number of halogens is 3. The Kier molecular flexibility index (Phi) is 4.14. The molecule has 0 aliphatic carbocycles. The molecule has 0 heterocycles. The average molecular weight is 235 g/mol. The van der Waals surface area contributed by atoms with E-state index in [-0.39, 0.29) is 5.75 Å². The Bertz CT molecular complexity index is 324. The highest BCUT2D eigenvalue weighted by Gasteiger charge is 2.30. The first-order chi connectivity index (χ1) is 7.42. The molecule has 0 saturated carbocycles. The third-order valence-corrected chi connectivity index (χ3v) is 1.94. The molecule has 3 N–H and O–H groups in total. The van der Waals surface area contributed by atoms with E-state index in [1.54, 1.807) is 0 Å². The van der Waals surface area contributed by atoms with Crippen molar-refractivity contribution < 1.29 is 23.0 Å². The first kappa shape index (κ1) is 12.8. The van der Waals surface area contributed by atoms with Crippen molar-refractivity contribution in [3.63, 3.8) is 0 Å². The summed E-state index contributed by atoms with van der Waals surface area (Å²) in [5, 5.41) is 9.50. The van der Waals surface area contributed by atoms with Crippen LogP contribution in [-0.2, 0) is 0 Å². The summed E-state index contributed by atoms with van der Waals surface area (Å²) in [6.45, 7) is 0.308. The topological polar surface area (TPSA) is 55.5 Å². The molecule has 1 atom stereocenters. The summed E-state index contributed by atoms with van der Waals surface area (Å²) >= 11 is 0. The lowest BCUT2D eigenvalue weighted by molar-refractivity contribution is -0.274. The average Bonchev–Trinajstić information content (AvgIpc) is 2.16. The van der Waals surface area contributed by atoms with Gasteiger partial charge < -0.3 is 15.6 Å². The fourth-order valence-electron chi connectivity index (χ4n) is 1.22. The first-order valence-corrected chi connectivity index (χ1v) is 4.66. The molecule has 0 aliphatic rings. The molecule has 0 aliphatic heterocycles. The van der Waals surface area contributed by atoms with Crippen molar-refractivity contribution >= 4 is 0 Å². The maximum atomic E-state index is 11.8. The number of aliphatic hydroxyl groups is 1. The largest absolute Gasteiger partial charge is 0.573 e. The SMILES string of the molecule is NCC[C@@H](O)c1ccc(OC(F)(F)F)cc1. The summed E-state index contributed by atoms with van der Waals surface area (Å²) in [5.74, 6) is -0.309. The summed E-state index contributed by atoms with van der Waals surface area (Å²) in [5.41, 5.74) is 5.76. The number of hydrogen-bond acceptors (Lipinski definition) is 3. The van der Waals surface area contributed by atoms with Crippen molar-refractivity contribution in [2.45, 2.75) is 18.9 Å². The second-order valence-corrected chi connectivity index (χ2v) is 3.21. The van der Waals surface area contributed by atoms with Gasteiger partial charge in [-0.15, -0.1) is 13.2 Å². The first-order valence-electron chi connectivity index (χ1n) is 4.66. The van der Waals surface area contributed by atoms with Crippen LogP contribution in [0.25, 0.3) is 0 Å². The monoisotopic (exact) mass is 235 g/mol. The quantitative estimate of drug-likeness (QED) is 0.838. The van der Waals surface area contributed by atoms with E-state index in [1.807, 2.05) is 0 Å². The van der Waals surface area contributed by atoms with E-state index < -0.39 is 12.5 Å². The molecule has 90 valence electrons. The molecule has 3 nitrogen and oxygen atoms in total. The molecule has 0 unspecified atom stereocenters. The minimum atomic E-state index is -4.70. The molecule has 6 heteroatoms. The molecule has 0 fully saturated rings. The number of ether oxygens (including phenoxy) is 1. The van der Waals surface area contributed by atoms with Gasteiger partial charge in [0.05, 0.1) is 6.10 Å². The Labute approximate surface area is 90.6 Å². The van der Waals surface area contributed by atoms with Crippen molar-refractivity contribution in [2.24, 2.45) is 5.73 Å². The van der Waals surface area contributed by atoms with E-state index in [0.29, 0.717) is 18.5 Å².